The van der Waals surface area contributed by atoms with Crippen LogP contribution >= 0.6 is 12.4 Å². The number of amides is 1. The Bertz CT molecular complexity index is 456. The minimum atomic E-state index is -0.400. The van der Waals surface area contributed by atoms with Crippen molar-refractivity contribution < 1.29 is 13.9 Å². The van der Waals surface area contributed by atoms with Crippen LogP contribution in [0, 0.1) is 12.7 Å². The maximum absolute atomic E-state index is 13.4. The average Bonchev–Trinajstić information content (AvgIpc) is 2.34. The van der Waals surface area contributed by atoms with Gasteiger partial charge < -0.3 is 15.4 Å². The van der Waals surface area contributed by atoms with Gasteiger partial charge in [-0.25, -0.2) is 4.39 Å². The molecule has 1 aromatic rings. The van der Waals surface area contributed by atoms with Crippen molar-refractivity contribution in [3.05, 3.63) is 29.6 Å². The highest BCUT2D eigenvalue weighted by Crippen LogP contribution is 2.15. The number of hydrogen-bond acceptors (Lipinski definition) is 3. The molecule has 0 unspecified atom stereocenters. The highest BCUT2D eigenvalue weighted by molar-refractivity contribution is 5.95. The summed E-state index contributed by atoms with van der Waals surface area (Å²) in [5.41, 5.74) is 1.02. The van der Waals surface area contributed by atoms with Crippen molar-refractivity contribution in [2.75, 3.05) is 18.5 Å². The van der Waals surface area contributed by atoms with Crippen LogP contribution in [0.2, 0.25) is 0 Å². The fourth-order valence-electron chi connectivity index (χ4n) is 1.92. The van der Waals surface area contributed by atoms with Crippen LogP contribution in [0.1, 0.15) is 12.5 Å². The van der Waals surface area contributed by atoms with Crippen molar-refractivity contribution in [3.63, 3.8) is 0 Å². The third kappa shape index (κ3) is 3.89. The van der Waals surface area contributed by atoms with Gasteiger partial charge in [0.1, 0.15) is 11.9 Å². The van der Waals surface area contributed by atoms with Gasteiger partial charge in [0.2, 0.25) is 5.91 Å². The van der Waals surface area contributed by atoms with Crippen molar-refractivity contribution in [1.29, 1.82) is 0 Å². The van der Waals surface area contributed by atoms with Gasteiger partial charge in [-0.3, -0.25) is 4.79 Å². The highest BCUT2D eigenvalue weighted by Gasteiger charge is 2.28. The first-order valence-corrected chi connectivity index (χ1v) is 6.00. The summed E-state index contributed by atoms with van der Waals surface area (Å²) >= 11 is 0. The van der Waals surface area contributed by atoms with E-state index in [1.807, 2.05) is 6.92 Å². The van der Waals surface area contributed by atoms with Crippen LogP contribution in [-0.2, 0) is 9.53 Å². The SMILES string of the molecule is Cc1ccc(NC(=O)[C@H]2NCCO[C@@H]2C)cc1F.Cl. The van der Waals surface area contributed by atoms with Crippen LogP contribution in [0.25, 0.3) is 0 Å². The Hall–Kier alpha value is -1.17. The summed E-state index contributed by atoms with van der Waals surface area (Å²) in [4.78, 5) is 12.0. The predicted octanol–water partition coefficient (Wildman–Crippen LogP) is 1.87. The molecule has 0 spiro atoms. The molecule has 0 aromatic heterocycles. The molecule has 2 atom stereocenters. The molecular weight excluding hydrogens is 271 g/mol. The first kappa shape index (κ1) is 15.9. The molecule has 1 heterocycles. The summed E-state index contributed by atoms with van der Waals surface area (Å²) in [5.74, 6) is -0.529. The Kier molecular flexibility index (Phi) is 5.72. The zero-order valence-electron chi connectivity index (χ0n) is 10.9. The second kappa shape index (κ2) is 6.84. The lowest BCUT2D eigenvalue weighted by molar-refractivity contribution is -0.123. The number of rotatable bonds is 2. The molecule has 0 aliphatic carbocycles. The normalized spacial score (nSPS) is 22.5. The van der Waals surface area contributed by atoms with Crippen molar-refractivity contribution in [2.45, 2.75) is 26.0 Å². The van der Waals surface area contributed by atoms with E-state index in [1.165, 1.54) is 6.07 Å². The molecular formula is C13H18ClFN2O2. The van der Waals surface area contributed by atoms with Gasteiger partial charge in [-0.1, -0.05) is 6.07 Å². The molecule has 1 fully saturated rings. The first-order valence-electron chi connectivity index (χ1n) is 6.00. The Labute approximate surface area is 118 Å². The van der Waals surface area contributed by atoms with Crippen molar-refractivity contribution in [1.82, 2.24) is 5.32 Å². The molecule has 2 N–H and O–H groups in total. The summed E-state index contributed by atoms with van der Waals surface area (Å²) in [6.07, 6.45) is -0.186. The van der Waals surface area contributed by atoms with E-state index < -0.39 is 6.04 Å². The molecule has 2 rings (SSSR count). The number of carbonyl (C=O) groups is 1. The van der Waals surface area contributed by atoms with E-state index in [4.69, 9.17) is 4.74 Å². The van der Waals surface area contributed by atoms with Crippen molar-refractivity contribution in [3.8, 4) is 0 Å². The van der Waals surface area contributed by atoms with E-state index in [0.29, 0.717) is 24.4 Å². The molecule has 0 radical (unpaired) electrons. The monoisotopic (exact) mass is 288 g/mol. The van der Waals surface area contributed by atoms with E-state index in [1.54, 1.807) is 19.1 Å². The Balaban J connectivity index is 0.00000180. The van der Waals surface area contributed by atoms with Crippen LogP contribution in [0.5, 0.6) is 0 Å². The van der Waals surface area contributed by atoms with Gasteiger partial charge in [-0.05, 0) is 31.5 Å². The predicted molar refractivity (Wildman–Crippen MR) is 74.2 cm³/mol. The second-order valence-corrected chi connectivity index (χ2v) is 4.46. The highest BCUT2D eigenvalue weighted by atomic mass is 35.5. The van der Waals surface area contributed by atoms with Crippen LogP contribution in [0.3, 0.4) is 0 Å². The van der Waals surface area contributed by atoms with E-state index >= 15 is 0 Å². The Morgan fingerprint density at radius 2 is 2.26 bits per heavy atom. The zero-order valence-corrected chi connectivity index (χ0v) is 11.7. The summed E-state index contributed by atoms with van der Waals surface area (Å²) < 4.78 is 18.8. The summed E-state index contributed by atoms with van der Waals surface area (Å²) in [6, 6.07) is 4.24. The van der Waals surface area contributed by atoms with Crippen molar-refractivity contribution in [2.24, 2.45) is 0 Å². The summed E-state index contributed by atoms with van der Waals surface area (Å²) in [7, 11) is 0. The van der Waals surface area contributed by atoms with Gasteiger partial charge in [-0.2, -0.15) is 0 Å². The molecule has 0 saturated carbocycles. The van der Waals surface area contributed by atoms with Crippen LogP contribution in [-0.4, -0.2) is 31.2 Å². The second-order valence-electron chi connectivity index (χ2n) is 4.46. The Morgan fingerprint density at radius 1 is 1.53 bits per heavy atom. The molecule has 1 aliphatic heterocycles. The number of aryl methyl sites for hydroxylation is 1. The molecule has 0 bridgehead atoms. The minimum Gasteiger partial charge on any atom is -0.375 e. The molecule has 4 nitrogen and oxygen atoms in total. The van der Waals surface area contributed by atoms with Crippen molar-refractivity contribution >= 4 is 24.0 Å². The molecule has 6 heteroatoms. The number of hydrogen-bond donors (Lipinski definition) is 2. The lowest BCUT2D eigenvalue weighted by Crippen LogP contribution is -2.53. The van der Waals surface area contributed by atoms with Gasteiger partial charge in [0.05, 0.1) is 12.7 Å². The maximum Gasteiger partial charge on any atom is 0.244 e. The lowest BCUT2D eigenvalue weighted by Gasteiger charge is -2.29. The van der Waals surface area contributed by atoms with Crippen LogP contribution in [0.4, 0.5) is 10.1 Å². The minimum absolute atomic E-state index is 0. The summed E-state index contributed by atoms with van der Waals surface area (Å²) in [5, 5.41) is 5.77. The standard InChI is InChI=1S/C13H17FN2O2.ClH/c1-8-3-4-10(7-11(8)14)16-13(17)12-9(2)18-6-5-15-12;/h3-4,7,9,12,15H,5-6H2,1-2H3,(H,16,17);1H/t9-,12+;/m1./s1. The molecule has 1 saturated heterocycles. The van der Waals surface area contributed by atoms with Gasteiger partial charge in [-0.15, -0.1) is 12.4 Å². The van der Waals surface area contributed by atoms with Gasteiger partial charge >= 0.3 is 0 Å². The van der Waals surface area contributed by atoms with E-state index in [2.05, 4.69) is 10.6 Å². The number of ether oxygens (including phenoxy) is 1. The third-order valence-corrected chi connectivity index (χ3v) is 3.04. The molecule has 106 valence electrons. The number of nitrogens with one attached hydrogen (secondary N) is 2. The smallest absolute Gasteiger partial charge is 0.244 e. The van der Waals surface area contributed by atoms with Crippen LogP contribution in [0.15, 0.2) is 18.2 Å². The fraction of sp³-hybridized carbons (Fsp3) is 0.462. The zero-order chi connectivity index (χ0) is 13.1. The largest absolute Gasteiger partial charge is 0.375 e. The number of halogens is 2. The lowest BCUT2D eigenvalue weighted by atomic mass is 10.1. The topological polar surface area (TPSA) is 50.4 Å². The number of morpholine rings is 1. The van der Waals surface area contributed by atoms with E-state index in [9.17, 15) is 9.18 Å². The fourth-order valence-corrected chi connectivity index (χ4v) is 1.92. The van der Waals surface area contributed by atoms with E-state index in [0.717, 1.165) is 0 Å². The molecule has 1 amide bonds. The van der Waals surface area contributed by atoms with Crippen LogP contribution < -0.4 is 10.6 Å². The van der Waals surface area contributed by atoms with Gasteiger partial charge in [0.15, 0.2) is 0 Å². The van der Waals surface area contributed by atoms with E-state index in [-0.39, 0.29) is 30.2 Å². The molecule has 19 heavy (non-hydrogen) atoms. The van der Waals surface area contributed by atoms with Gasteiger partial charge in [0, 0.05) is 12.2 Å². The quantitative estimate of drug-likeness (QED) is 0.873. The average molecular weight is 289 g/mol. The Morgan fingerprint density at radius 3 is 2.89 bits per heavy atom. The molecule has 1 aromatic carbocycles. The number of benzene rings is 1. The molecule has 1 aliphatic rings. The number of carbonyl (C=O) groups excluding carboxylic acids is 1. The summed E-state index contributed by atoms with van der Waals surface area (Å²) in [6.45, 7) is 4.76. The third-order valence-electron chi connectivity index (χ3n) is 3.04. The number of anilines is 1. The van der Waals surface area contributed by atoms with Gasteiger partial charge in [0.25, 0.3) is 0 Å². The first-order chi connectivity index (χ1) is 8.58. The maximum atomic E-state index is 13.4.